The lowest BCUT2D eigenvalue weighted by molar-refractivity contribution is -0.118. The van der Waals surface area contributed by atoms with Gasteiger partial charge in [0.05, 0.1) is 11.0 Å². The molecule has 25 heavy (non-hydrogen) atoms. The van der Waals surface area contributed by atoms with Gasteiger partial charge in [0.25, 0.3) is 0 Å². The Labute approximate surface area is 151 Å². The molecule has 0 aliphatic rings. The van der Waals surface area contributed by atoms with Crippen molar-refractivity contribution >= 4 is 33.0 Å². The molecule has 6 nitrogen and oxygen atoms in total. The summed E-state index contributed by atoms with van der Waals surface area (Å²) >= 11 is 1.48. The Balaban J connectivity index is 1.91. The van der Waals surface area contributed by atoms with Gasteiger partial charge in [-0.25, -0.2) is 13.1 Å². The van der Waals surface area contributed by atoms with Gasteiger partial charge in [-0.1, -0.05) is 13.8 Å². The standard InChI is InChI=1S/C17H22N2O4S2/c1-12(2)17(21)19-14-3-5-15(6-4-14)25(22,23)18-9-7-16(20)13-8-10-24-11-13/h3-6,8,10-12,16,18,20H,7,9H2,1-2H3,(H,19,21)/t16-/m0/s1. The number of carbonyl (C=O) groups excluding carboxylic acids is 1. The Morgan fingerprint density at radius 2 is 1.88 bits per heavy atom. The van der Waals surface area contributed by atoms with Crippen LogP contribution in [0.2, 0.25) is 0 Å². The summed E-state index contributed by atoms with van der Waals surface area (Å²) in [6.07, 6.45) is -0.402. The number of nitrogens with one attached hydrogen (secondary N) is 2. The summed E-state index contributed by atoms with van der Waals surface area (Å²) in [6, 6.07) is 7.79. The highest BCUT2D eigenvalue weighted by Crippen LogP contribution is 2.19. The summed E-state index contributed by atoms with van der Waals surface area (Å²) in [7, 11) is -3.66. The highest BCUT2D eigenvalue weighted by molar-refractivity contribution is 7.89. The summed E-state index contributed by atoms with van der Waals surface area (Å²) < 4.78 is 27.0. The quantitative estimate of drug-likeness (QED) is 0.654. The van der Waals surface area contributed by atoms with Crippen molar-refractivity contribution in [1.82, 2.24) is 4.72 Å². The lowest BCUT2D eigenvalue weighted by atomic mass is 10.1. The number of hydrogen-bond donors (Lipinski definition) is 3. The van der Waals surface area contributed by atoms with Crippen molar-refractivity contribution < 1.29 is 18.3 Å². The highest BCUT2D eigenvalue weighted by Gasteiger charge is 2.15. The molecule has 0 aliphatic carbocycles. The van der Waals surface area contributed by atoms with Gasteiger partial charge in [-0.05, 0) is 53.1 Å². The van der Waals surface area contributed by atoms with E-state index in [1.165, 1.54) is 23.5 Å². The van der Waals surface area contributed by atoms with Gasteiger partial charge in [0.2, 0.25) is 15.9 Å². The Hall–Kier alpha value is -1.74. The molecule has 0 saturated heterocycles. The van der Waals surface area contributed by atoms with E-state index in [-0.39, 0.29) is 23.3 Å². The van der Waals surface area contributed by atoms with Crippen molar-refractivity contribution in [2.75, 3.05) is 11.9 Å². The van der Waals surface area contributed by atoms with Crippen molar-refractivity contribution in [2.45, 2.75) is 31.3 Å². The number of anilines is 1. The number of aliphatic hydroxyl groups is 1. The molecule has 0 unspecified atom stereocenters. The normalized spacial score (nSPS) is 13.0. The molecular weight excluding hydrogens is 360 g/mol. The molecule has 1 aromatic heterocycles. The van der Waals surface area contributed by atoms with Crippen LogP contribution in [0.3, 0.4) is 0 Å². The maximum absolute atomic E-state index is 12.3. The number of carbonyl (C=O) groups is 1. The average molecular weight is 383 g/mol. The second kappa shape index (κ2) is 8.57. The van der Waals surface area contributed by atoms with Gasteiger partial charge in [0.1, 0.15) is 0 Å². The third-order valence-electron chi connectivity index (χ3n) is 3.59. The minimum absolute atomic E-state index is 0.111. The van der Waals surface area contributed by atoms with Gasteiger partial charge in [-0.3, -0.25) is 4.79 Å². The predicted molar refractivity (Wildman–Crippen MR) is 99.0 cm³/mol. The molecule has 2 aromatic rings. The van der Waals surface area contributed by atoms with Crippen LogP contribution in [-0.4, -0.2) is 26.0 Å². The molecule has 1 amide bonds. The minimum atomic E-state index is -3.66. The second-order valence-electron chi connectivity index (χ2n) is 5.93. The van der Waals surface area contributed by atoms with E-state index in [0.29, 0.717) is 12.1 Å². The first-order chi connectivity index (χ1) is 11.8. The van der Waals surface area contributed by atoms with E-state index in [1.807, 2.05) is 16.8 Å². The minimum Gasteiger partial charge on any atom is -0.388 e. The maximum Gasteiger partial charge on any atom is 0.240 e. The number of aliphatic hydroxyl groups excluding tert-OH is 1. The Morgan fingerprint density at radius 3 is 2.44 bits per heavy atom. The van der Waals surface area contributed by atoms with Crippen LogP contribution in [0, 0.1) is 5.92 Å². The van der Waals surface area contributed by atoms with E-state index in [2.05, 4.69) is 10.0 Å². The molecule has 0 radical (unpaired) electrons. The van der Waals surface area contributed by atoms with Crippen molar-refractivity contribution in [3.05, 3.63) is 46.7 Å². The van der Waals surface area contributed by atoms with Gasteiger partial charge < -0.3 is 10.4 Å². The smallest absolute Gasteiger partial charge is 0.240 e. The fraction of sp³-hybridized carbons (Fsp3) is 0.353. The molecule has 2 rings (SSSR count). The zero-order valence-electron chi connectivity index (χ0n) is 14.1. The molecule has 136 valence electrons. The maximum atomic E-state index is 12.3. The molecule has 0 aliphatic heterocycles. The fourth-order valence-electron chi connectivity index (χ4n) is 2.05. The summed E-state index contributed by atoms with van der Waals surface area (Å²) in [5.74, 6) is -0.282. The number of thiophene rings is 1. The van der Waals surface area contributed by atoms with Crippen LogP contribution in [0.4, 0.5) is 5.69 Å². The van der Waals surface area contributed by atoms with Crippen LogP contribution in [-0.2, 0) is 14.8 Å². The van der Waals surface area contributed by atoms with E-state index < -0.39 is 16.1 Å². The SMILES string of the molecule is CC(C)C(=O)Nc1ccc(S(=O)(=O)NCC[C@H](O)c2ccsc2)cc1. The third-order valence-corrected chi connectivity index (χ3v) is 5.77. The summed E-state index contributed by atoms with van der Waals surface area (Å²) in [6.45, 7) is 3.69. The Bertz CT molecular complexity index is 785. The largest absolute Gasteiger partial charge is 0.388 e. The first-order valence-electron chi connectivity index (χ1n) is 7.90. The van der Waals surface area contributed by atoms with Gasteiger partial charge in [0.15, 0.2) is 0 Å². The number of rotatable bonds is 8. The predicted octanol–water partition coefficient (Wildman–Crippen LogP) is 2.74. The molecule has 1 atom stereocenters. The molecule has 0 spiro atoms. The second-order valence-corrected chi connectivity index (χ2v) is 8.47. The van der Waals surface area contributed by atoms with Crippen LogP contribution in [0.25, 0.3) is 0 Å². The van der Waals surface area contributed by atoms with Gasteiger partial charge in [0, 0.05) is 18.2 Å². The van der Waals surface area contributed by atoms with Crippen LogP contribution >= 0.6 is 11.3 Å². The van der Waals surface area contributed by atoms with Gasteiger partial charge in [-0.2, -0.15) is 11.3 Å². The molecule has 0 bridgehead atoms. The Kier molecular flexibility index (Phi) is 6.71. The monoisotopic (exact) mass is 382 g/mol. The number of amides is 1. The van der Waals surface area contributed by atoms with E-state index in [4.69, 9.17) is 0 Å². The number of benzene rings is 1. The molecule has 0 saturated carbocycles. The molecular formula is C17H22N2O4S2. The first-order valence-corrected chi connectivity index (χ1v) is 10.3. The third kappa shape index (κ3) is 5.64. The van der Waals surface area contributed by atoms with E-state index in [1.54, 1.807) is 26.0 Å². The van der Waals surface area contributed by atoms with Crippen LogP contribution in [0.1, 0.15) is 31.9 Å². The highest BCUT2D eigenvalue weighted by atomic mass is 32.2. The molecule has 3 N–H and O–H groups in total. The zero-order chi connectivity index (χ0) is 18.4. The summed E-state index contributed by atoms with van der Waals surface area (Å²) in [4.78, 5) is 11.7. The van der Waals surface area contributed by atoms with Gasteiger partial charge >= 0.3 is 0 Å². The van der Waals surface area contributed by atoms with Crippen molar-refractivity contribution in [3.8, 4) is 0 Å². The fourth-order valence-corrected chi connectivity index (χ4v) is 3.80. The molecule has 1 aromatic carbocycles. The van der Waals surface area contributed by atoms with E-state index in [0.717, 1.165) is 5.56 Å². The topological polar surface area (TPSA) is 95.5 Å². The van der Waals surface area contributed by atoms with Crippen molar-refractivity contribution in [2.24, 2.45) is 5.92 Å². The number of sulfonamides is 1. The molecule has 1 heterocycles. The Morgan fingerprint density at radius 1 is 1.20 bits per heavy atom. The summed E-state index contributed by atoms with van der Waals surface area (Å²) in [5.41, 5.74) is 1.33. The molecule has 0 fully saturated rings. The lowest BCUT2D eigenvalue weighted by Gasteiger charge is -2.11. The van der Waals surface area contributed by atoms with Crippen molar-refractivity contribution in [3.63, 3.8) is 0 Å². The zero-order valence-corrected chi connectivity index (χ0v) is 15.7. The number of hydrogen-bond acceptors (Lipinski definition) is 5. The van der Waals surface area contributed by atoms with Crippen molar-refractivity contribution in [1.29, 1.82) is 0 Å². The van der Waals surface area contributed by atoms with Crippen LogP contribution < -0.4 is 10.0 Å². The summed E-state index contributed by atoms with van der Waals surface area (Å²) in [5, 5.41) is 16.4. The molecule has 8 heteroatoms. The lowest BCUT2D eigenvalue weighted by Crippen LogP contribution is -2.26. The average Bonchev–Trinajstić information content (AvgIpc) is 3.09. The van der Waals surface area contributed by atoms with E-state index >= 15 is 0 Å². The van der Waals surface area contributed by atoms with E-state index in [9.17, 15) is 18.3 Å². The van der Waals surface area contributed by atoms with Crippen LogP contribution in [0.15, 0.2) is 46.0 Å². The van der Waals surface area contributed by atoms with Gasteiger partial charge in [-0.15, -0.1) is 0 Å². The first kappa shape index (κ1) is 19.6. The van der Waals surface area contributed by atoms with Crippen LogP contribution in [0.5, 0.6) is 0 Å².